The van der Waals surface area contributed by atoms with Crippen molar-refractivity contribution in [2.45, 2.75) is 71.3 Å². The van der Waals surface area contributed by atoms with Gasteiger partial charge in [-0.2, -0.15) is 0 Å². The predicted octanol–water partition coefficient (Wildman–Crippen LogP) is 6.05. The molecule has 2 aromatic rings. The SMILES string of the molecule is CCCCCCC(NC(Nc1ccc(OC)cc1OC)=C1C(=O)COC1=O)c1ccc(C(C)(C)C)cc1. The van der Waals surface area contributed by atoms with E-state index in [4.69, 9.17) is 14.2 Å². The summed E-state index contributed by atoms with van der Waals surface area (Å²) in [5.41, 5.74) is 2.96. The number of unbranched alkanes of at least 4 members (excludes halogenated alkanes) is 3. The topological polar surface area (TPSA) is 85.9 Å². The molecule has 0 aliphatic carbocycles. The highest BCUT2D eigenvalue weighted by molar-refractivity contribution is 6.22. The number of benzene rings is 2. The van der Waals surface area contributed by atoms with Crippen LogP contribution in [0.5, 0.6) is 11.5 Å². The third kappa shape index (κ3) is 7.28. The summed E-state index contributed by atoms with van der Waals surface area (Å²) >= 11 is 0. The average molecular weight is 509 g/mol. The van der Waals surface area contributed by atoms with Crippen LogP contribution in [0.25, 0.3) is 0 Å². The van der Waals surface area contributed by atoms with Crippen LogP contribution in [0.3, 0.4) is 0 Å². The maximum absolute atomic E-state index is 12.7. The van der Waals surface area contributed by atoms with Crippen LogP contribution in [-0.4, -0.2) is 32.6 Å². The van der Waals surface area contributed by atoms with Crippen LogP contribution in [0.1, 0.15) is 77.0 Å². The fourth-order valence-electron chi connectivity index (χ4n) is 4.33. The summed E-state index contributed by atoms with van der Waals surface area (Å²) in [7, 11) is 3.14. The lowest BCUT2D eigenvalue weighted by atomic mass is 9.86. The molecule has 1 unspecified atom stereocenters. The lowest BCUT2D eigenvalue weighted by Gasteiger charge is -2.26. The molecule has 1 fully saturated rings. The Bertz CT molecular complexity index is 1100. The van der Waals surface area contributed by atoms with E-state index in [2.05, 4.69) is 62.6 Å². The minimum atomic E-state index is -0.639. The number of ether oxygens (including phenoxy) is 3. The highest BCUT2D eigenvalue weighted by Crippen LogP contribution is 2.32. The smallest absolute Gasteiger partial charge is 0.346 e. The first-order chi connectivity index (χ1) is 17.7. The van der Waals surface area contributed by atoms with Gasteiger partial charge in [-0.05, 0) is 35.1 Å². The van der Waals surface area contributed by atoms with E-state index >= 15 is 0 Å². The van der Waals surface area contributed by atoms with Crippen LogP contribution >= 0.6 is 0 Å². The Morgan fingerprint density at radius 2 is 1.73 bits per heavy atom. The number of carbonyl (C=O) groups is 2. The largest absolute Gasteiger partial charge is 0.497 e. The molecule has 200 valence electrons. The minimum Gasteiger partial charge on any atom is -0.497 e. The first kappa shape index (κ1) is 28.1. The van der Waals surface area contributed by atoms with Crippen molar-refractivity contribution < 1.29 is 23.8 Å². The van der Waals surface area contributed by atoms with Crippen LogP contribution < -0.4 is 20.1 Å². The number of ketones is 1. The fourth-order valence-corrected chi connectivity index (χ4v) is 4.33. The number of carbonyl (C=O) groups excluding carboxylic acids is 2. The van der Waals surface area contributed by atoms with Crippen LogP contribution in [0.4, 0.5) is 5.69 Å². The highest BCUT2D eigenvalue weighted by atomic mass is 16.5. The van der Waals surface area contributed by atoms with Gasteiger partial charge < -0.3 is 24.8 Å². The molecular formula is C30H40N2O5. The second-order valence-electron chi connectivity index (χ2n) is 10.4. The van der Waals surface area contributed by atoms with Crippen molar-refractivity contribution in [3.8, 4) is 11.5 Å². The Morgan fingerprint density at radius 3 is 2.30 bits per heavy atom. The van der Waals surface area contributed by atoms with Gasteiger partial charge >= 0.3 is 5.97 Å². The van der Waals surface area contributed by atoms with Gasteiger partial charge in [-0.1, -0.05) is 77.6 Å². The molecule has 7 nitrogen and oxygen atoms in total. The molecule has 0 radical (unpaired) electrons. The molecule has 0 aromatic heterocycles. The zero-order valence-electron chi connectivity index (χ0n) is 22.9. The maximum atomic E-state index is 12.7. The second kappa shape index (κ2) is 12.7. The van der Waals surface area contributed by atoms with Crippen molar-refractivity contribution in [1.82, 2.24) is 5.32 Å². The average Bonchev–Trinajstić information content (AvgIpc) is 3.22. The van der Waals surface area contributed by atoms with Gasteiger partial charge in [0.05, 0.1) is 25.9 Å². The van der Waals surface area contributed by atoms with E-state index in [0.717, 1.165) is 37.7 Å². The van der Waals surface area contributed by atoms with Gasteiger partial charge in [-0.25, -0.2) is 4.79 Å². The predicted molar refractivity (Wildman–Crippen MR) is 146 cm³/mol. The number of rotatable bonds is 12. The standard InChI is InChI=1S/C30H40N2O5/c1-7-8-9-10-11-23(20-12-14-21(15-13-20)30(2,3)4)31-28(27-25(33)19-37-29(27)34)32-24-17-16-22(35-5)18-26(24)36-6/h12-18,23,31-32H,7-11,19H2,1-6H3. The van der Waals surface area contributed by atoms with Crippen LogP contribution in [-0.2, 0) is 19.7 Å². The summed E-state index contributed by atoms with van der Waals surface area (Å²) in [6.45, 7) is 8.49. The quantitative estimate of drug-likeness (QED) is 0.156. The van der Waals surface area contributed by atoms with E-state index in [1.165, 1.54) is 5.56 Å². The third-order valence-corrected chi connectivity index (χ3v) is 6.58. The summed E-state index contributed by atoms with van der Waals surface area (Å²) in [5, 5.41) is 6.75. The molecule has 3 rings (SSSR count). The van der Waals surface area contributed by atoms with Crippen molar-refractivity contribution in [3.63, 3.8) is 0 Å². The summed E-state index contributed by atoms with van der Waals surface area (Å²) in [6, 6.07) is 13.8. The van der Waals surface area contributed by atoms with Crippen molar-refractivity contribution >= 4 is 17.4 Å². The highest BCUT2D eigenvalue weighted by Gasteiger charge is 2.33. The van der Waals surface area contributed by atoms with Crippen molar-refractivity contribution in [1.29, 1.82) is 0 Å². The molecular weight excluding hydrogens is 468 g/mol. The number of methoxy groups -OCH3 is 2. The molecule has 0 spiro atoms. The molecule has 1 heterocycles. The third-order valence-electron chi connectivity index (χ3n) is 6.58. The second-order valence-corrected chi connectivity index (χ2v) is 10.4. The van der Waals surface area contributed by atoms with Crippen molar-refractivity contribution in [3.05, 3.63) is 65.0 Å². The summed E-state index contributed by atoms with van der Waals surface area (Å²) in [6.07, 6.45) is 5.28. The number of anilines is 1. The summed E-state index contributed by atoms with van der Waals surface area (Å²) < 4.78 is 15.9. The zero-order valence-corrected chi connectivity index (χ0v) is 22.9. The molecule has 1 atom stereocenters. The van der Waals surface area contributed by atoms with E-state index in [1.807, 2.05) is 0 Å². The molecule has 2 aromatic carbocycles. The minimum absolute atomic E-state index is 0.0114. The van der Waals surface area contributed by atoms with Crippen LogP contribution in [0.2, 0.25) is 0 Å². The Morgan fingerprint density at radius 1 is 1.00 bits per heavy atom. The lowest BCUT2D eigenvalue weighted by molar-refractivity contribution is -0.135. The molecule has 7 heteroatoms. The molecule has 1 saturated heterocycles. The van der Waals surface area contributed by atoms with Gasteiger partial charge in [0.1, 0.15) is 22.9 Å². The van der Waals surface area contributed by atoms with Gasteiger partial charge in [0.15, 0.2) is 6.61 Å². The number of cyclic esters (lactones) is 1. The van der Waals surface area contributed by atoms with Gasteiger partial charge in [-0.3, -0.25) is 4.79 Å². The van der Waals surface area contributed by atoms with Gasteiger partial charge in [-0.15, -0.1) is 0 Å². The lowest BCUT2D eigenvalue weighted by Crippen LogP contribution is -2.29. The van der Waals surface area contributed by atoms with E-state index in [9.17, 15) is 9.59 Å². The summed E-state index contributed by atoms with van der Waals surface area (Å²) in [5.74, 6) is 0.470. The monoisotopic (exact) mass is 508 g/mol. The van der Waals surface area contributed by atoms with E-state index < -0.39 is 5.97 Å². The van der Waals surface area contributed by atoms with Crippen LogP contribution in [0, 0.1) is 0 Å². The zero-order chi connectivity index (χ0) is 27.0. The molecule has 37 heavy (non-hydrogen) atoms. The van der Waals surface area contributed by atoms with E-state index in [-0.39, 0.29) is 29.4 Å². The number of hydrogen-bond acceptors (Lipinski definition) is 7. The van der Waals surface area contributed by atoms with Crippen molar-refractivity contribution in [2.75, 3.05) is 26.1 Å². The van der Waals surface area contributed by atoms with Crippen LogP contribution in [0.15, 0.2) is 53.9 Å². The van der Waals surface area contributed by atoms with Gasteiger partial charge in [0.25, 0.3) is 0 Å². The molecule has 0 saturated carbocycles. The van der Waals surface area contributed by atoms with Crippen molar-refractivity contribution in [2.24, 2.45) is 0 Å². The summed E-state index contributed by atoms with van der Waals surface area (Å²) in [4.78, 5) is 25.3. The number of hydrogen-bond donors (Lipinski definition) is 2. The Labute approximate surface area is 220 Å². The number of nitrogens with one attached hydrogen (secondary N) is 2. The Hall–Kier alpha value is -3.48. The Kier molecular flexibility index (Phi) is 9.61. The number of esters is 1. The van der Waals surface area contributed by atoms with E-state index in [1.54, 1.807) is 32.4 Å². The molecule has 1 aliphatic heterocycles. The molecule has 0 bridgehead atoms. The van der Waals surface area contributed by atoms with E-state index in [0.29, 0.717) is 23.0 Å². The Balaban J connectivity index is 2.00. The number of Topliss-reactive ketones (excluding diaryl/α,β-unsaturated/α-hetero) is 1. The first-order valence-corrected chi connectivity index (χ1v) is 13.0. The molecule has 2 N–H and O–H groups in total. The van der Waals surface area contributed by atoms with Gasteiger partial charge in [0.2, 0.25) is 5.78 Å². The fraction of sp³-hybridized carbons (Fsp3) is 0.467. The first-order valence-electron chi connectivity index (χ1n) is 13.0. The molecule has 1 aliphatic rings. The van der Waals surface area contributed by atoms with Gasteiger partial charge in [0, 0.05) is 6.07 Å². The maximum Gasteiger partial charge on any atom is 0.346 e. The normalized spacial score (nSPS) is 15.7. The molecule has 0 amide bonds.